The summed E-state index contributed by atoms with van der Waals surface area (Å²) in [5, 5.41) is 3.45. The molecule has 0 saturated carbocycles. The van der Waals surface area contributed by atoms with E-state index in [4.69, 9.17) is 27.9 Å². The van der Waals surface area contributed by atoms with Gasteiger partial charge in [-0.1, -0.05) is 36.2 Å². The van der Waals surface area contributed by atoms with E-state index in [0.29, 0.717) is 10.9 Å². The maximum Gasteiger partial charge on any atom is 0.133 e. The highest BCUT2D eigenvalue weighted by Gasteiger charge is 2.19. The van der Waals surface area contributed by atoms with Gasteiger partial charge < -0.3 is 10.1 Å². The summed E-state index contributed by atoms with van der Waals surface area (Å²) in [5.74, 6) is 0.839. The standard InChI is InChI=1S/C15H16BrCl2NOS/c1-3-19-14(10-8-13(17)21-15(10)18)9-5-6-12(20-4-2)11(16)7-9/h5-8,14,19H,3-4H2,1-2H3. The zero-order chi connectivity index (χ0) is 15.4. The molecule has 2 aromatic rings. The second-order valence-corrected chi connectivity index (χ2v) is 7.53. The zero-order valence-corrected chi connectivity index (χ0v) is 15.7. The van der Waals surface area contributed by atoms with Gasteiger partial charge in [0, 0.05) is 5.56 Å². The summed E-state index contributed by atoms with van der Waals surface area (Å²) >= 11 is 17.3. The Hall–Kier alpha value is -0.260. The number of thiophene rings is 1. The van der Waals surface area contributed by atoms with Crippen molar-refractivity contribution in [2.75, 3.05) is 13.2 Å². The molecule has 2 rings (SSSR count). The van der Waals surface area contributed by atoms with Crippen LogP contribution in [0.2, 0.25) is 8.67 Å². The Morgan fingerprint density at radius 3 is 2.57 bits per heavy atom. The molecular weight excluding hydrogens is 393 g/mol. The Labute approximate surface area is 147 Å². The third kappa shape index (κ3) is 4.14. The minimum atomic E-state index is 0.0122. The second kappa shape index (κ2) is 7.84. The fourth-order valence-corrected chi connectivity index (χ4v) is 4.17. The third-order valence-corrected chi connectivity index (χ3v) is 5.13. The van der Waals surface area contributed by atoms with Crippen molar-refractivity contribution in [2.45, 2.75) is 19.9 Å². The van der Waals surface area contributed by atoms with Crippen molar-refractivity contribution in [3.05, 3.63) is 48.5 Å². The summed E-state index contributed by atoms with van der Waals surface area (Å²) in [7, 11) is 0. The number of nitrogens with one attached hydrogen (secondary N) is 1. The van der Waals surface area contributed by atoms with E-state index in [0.717, 1.165) is 32.2 Å². The van der Waals surface area contributed by atoms with Gasteiger partial charge in [-0.15, -0.1) is 11.3 Å². The monoisotopic (exact) mass is 407 g/mol. The highest BCUT2D eigenvalue weighted by Crippen LogP contribution is 2.39. The first-order valence-corrected chi connectivity index (χ1v) is 9.03. The molecule has 2 nitrogen and oxygen atoms in total. The lowest BCUT2D eigenvalue weighted by Crippen LogP contribution is -2.21. The molecule has 0 bridgehead atoms. The van der Waals surface area contributed by atoms with E-state index in [2.05, 4.69) is 34.2 Å². The molecule has 0 saturated heterocycles. The van der Waals surface area contributed by atoms with Crippen LogP contribution in [0.3, 0.4) is 0 Å². The van der Waals surface area contributed by atoms with Gasteiger partial charge in [0.25, 0.3) is 0 Å². The van der Waals surface area contributed by atoms with Crippen LogP contribution in [0, 0.1) is 0 Å². The quantitative estimate of drug-likeness (QED) is 0.640. The molecule has 0 aliphatic heterocycles. The molecule has 0 aliphatic carbocycles. The third-order valence-electron chi connectivity index (χ3n) is 2.99. The van der Waals surface area contributed by atoms with Crippen LogP contribution in [0.1, 0.15) is 31.0 Å². The average molecular weight is 409 g/mol. The normalized spacial score (nSPS) is 12.4. The van der Waals surface area contributed by atoms with Gasteiger partial charge in [-0.3, -0.25) is 0 Å². The van der Waals surface area contributed by atoms with Crippen LogP contribution in [-0.2, 0) is 0 Å². The van der Waals surface area contributed by atoms with E-state index in [1.165, 1.54) is 11.3 Å². The van der Waals surface area contributed by atoms with Crippen molar-refractivity contribution >= 4 is 50.5 Å². The van der Waals surface area contributed by atoms with Gasteiger partial charge in [0.05, 0.1) is 25.8 Å². The number of hydrogen-bond donors (Lipinski definition) is 1. The van der Waals surface area contributed by atoms with E-state index >= 15 is 0 Å². The van der Waals surface area contributed by atoms with Crippen molar-refractivity contribution in [1.82, 2.24) is 5.32 Å². The summed E-state index contributed by atoms with van der Waals surface area (Å²) in [6.07, 6.45) is 0. The molecule has 0 aliphatic rings. The van der Waals surface area contributed by atoms with Crippen molar-refractivity contribution < 1.29 is 4.74 Å². The van der Waals surface area contributed by atoms with Gasteiger partial charge in [0.1, 0.15) is 5.75 Å². The first-order chi connectivity index (χ1) is 10.1. The second-order valence-electron chi connectivity index (χ2n) is 4.39. The molecule has 21 heavy (non-hydrogen) atoms. The number of benzene rings is 1. The van der Waals surface area contributed by atoms with Crippen molar-refractivity contribution in [2.24, 2.45) is 0 Å². The van der Waals surface area contributed by atoms with Crippen LogP contribution >= 0.6 is 50.5 Å². The van der Waals surface area contributed by atoms with Gasteiger partial charge in [0.2, 0.25) is 0 Å². The van der Waals surface area contributed by atoms with Crippen molar-refractivity contribution in [3.63, 3.8) is 0 Å². The number of rotatable bonds is 6. The molecule has 6 heteroatoms. The molecule has 0 amide bonds. The summed E-state index contributed by atoms with van der Waals surface area (Å²) < 4.78 is 7.90. The Morgan fingerprint density at radius 2 is 2.05 bits per heavy atom. The van der Waals surface area contributed by atoms with E-state index in [1.807, 2.05) is 25.1 Å². The lowest BCUT2D eigenvalue weighted by Gasteiger charge is -2.19. The molecule has 1 heterocycles. The van der Waals surface area contributed by atoms with E-state index in [-0.39, 0.29) is 6.04 Å². The first kappa shape index (κ1) is 17.1. The minimum Gasteiger partial charge on any atom is -0.493 e. The van der Waals surface area contributed by atoms with Crippen molar-refractivity contribution in [3.8, 4) is 5.75 Å². The molecule has 0 fully saturated rings. The van der Waals surface area contributed by atoms with Crippen LogP contribution in [0.15, 0.2) is 28.7 Å². The SMILES string of the molecule is CCNC(c1ccc(OCC)c(Br)c1)c1cc(Cl)sc1Cl. The van der Waals surface area contributed by atoms with Gasteiger partial charge in [-0.05, 0) is 53.2 Å². The van der Waals surface area contributed by atoms with Crippen LogP contribution in [-0.4, -0.2) is 13.2 Å². The van der Waals surface area contributed by atoms with Gasteiger partial charge >= 0.3 is 0 Å². The van der Waals surface area contributed by atoms with E-state index < -0.39 is 0 Å². The summed E-state index contributed by atoms with van der Waals surface area (Å²) in [6.45, 7) is 5.51. The summed E-state index contributed by atoms with van der Waals surface area (Å²) in [6, 6.07) is 8.00. The van der Waals surface area contributed by atoms with Crippen LogP contribution in [0.4, 0.5) is 0 Å². The molecule has 1 atom stereocenters. The topological polar surface area (TPSA) is 21.3 Å². The molecule has 1 unspecified atom stereocenters. The fourth-order valence-electron chi connectivity index (χ4n) is 2.13. The smallest absolute Gasteiger partial charge is 0.133 e. The average Bonchev–Trinajstić information content (AvgIpc) is 2.77. The maximum absolute atomic E-state index is 6.30. The molecule has 1 aromatic carbocycles. The van der Waals surface area contributed by atoms with Gasteiger partial charge in [-0.25, -0.2) is 0 Å². The van der Waals surface area contributed by atoms with Gasteiger partial charge in [-0.2, -0.15) is 0 Å². The van der Waals surface area contributed by atoms with E-state index in [9.17, 15) is 0 Å². The van der Waals surface area contributed by atoms with Crippen molar-refractivity contribution in [1.29, 1.82) is 0 Å². The van der Waals surface area contributed by atoms with E-state index in [1.54, 1.807) is 0 Å². The molecule has 114 valence electrons. The fraction of sp³-hybridized carbons (Fsp3) is 0.333. The Balaban J connectivity index is 2.38. The zero-order valence-electron chi connectivity index (χ0n) is 11.8. The lowest BCUT2D eigenvalue weighted by atomic mass is 10.0. The molecule has 0 spiro atoms. The first-order valence-electron chi connectivity index (χ1n) is 6.67. The highest BCUT2D eigenvalue weighted by atomic mass is 79.9. The molecule has 0 radical (unpaired) electrons. The lowest BCUT2D eigenvalue weighted by molar-refractivity contribution is 0.338. The maximum atomic E-state index is 6.30. The largest absolute Gasteiger partial charge is 0.493 e. The Bertz CT molecular complexity index is 618. The molecule has 1 aromatic heterocycles. The number of halogens is 3. The summed E-state index contributed by atoms with van der Waals surface area (Å²) in [4.78, 5) is 0. The summed E-state index contributed by atoms with van der Waals surface area (Å²) in [5.41, 5.74) is 2.12. The number of ether oxygens (including phenoxy) is 1. The Kier molecular flexibility index (Phi) is 6.38. The molecular formula is C15H16BrCl2NOS. The minimum absolute atomic E-state index is 0.0122. The Morgan fingerprint density at radius 1 is 1.29 bits per heavy atom. The van der Waals surface area contributed by atoms with Crippen LogP contribution in [0.5, 0.6) is 5.75 Å². The van der Waals surface area contributed by atoms with Crippen LogP contribution < -0.4 is 10.1 Å². The van der Waals surface area contributed by atoms with Crippen LogP contribution in [0.25, 0.3) is 0 Å². The predicted molar refractivity (Wildman–Crippen MR) is 95.2 cm³/mol. The highest BCUT2D eigenvalue weighted by molar-refractivity contribution is 9.10. The molecule has 1 N–H and O–H groups in total. The van der Waals surface area contributed by atoms with Gasteiger partial charge in [0.15, 0.2) is 0 Å². The predicted octanol–water partition coefficient (Wildman–Crippen LogP) is 5.92. The number of hydrogen-bond acceptors (Lipinski definition) is 3.